The highest BCUT2D eigenvalue weighted by Crippen LogP contribution is 2.45. The van der Waals surface area contributed by atoms with Gasteiger partial charge in [0.25, 0.3) is 0 Å². The fourth-order valence-corrected chi connectivity index (χ4v) is 5.51. The molecule has 1 atom stereocenters. The van der Waals surface area contributed by atoms with E-state index in [0.717, 1.165) is 50.5 Å². The maximum atomic E-state index is 5.13. The molecule has 2 heterocycles. The van der Waals surface area contributed by atoms with Gasteiger partial charge in [0, 0.05) is 31.8 Å². The van der Waals surface area contributed by atoms with E-state index in [0.29, 0.717) is 0 Å². The molecule has 1 aliphatic heterocycles. The number of rotatable bonds is 7. The van der Waals surface area contributed by atoms with E-state index in [1.54, 1.807) is 0 Å². The molecule has 0 amide bonds. The Bertz CT molecular complexity index is 1590. The van der Waals surface area contributed by atoms with Gasteiger partial charge in [-0.25, -0.2) is 9.99 Å². The number of hydrogen-bond donors (Lipinski definition) is 0. The predicted molar refractivity (Wildman–Crippen MR) is 162 cm³/mol. The quantitative estimate of drug-likeness (QED) is 0.199. The van der Waals surface area contributed by atoms with Crippen LogP contribution >= 0.6 is 11.3 Å². The molecule has 1 unspecified atom stereocenters. The monoisotopic (exact) mass is 528 g/mol. The highest BCUT2D eigenvalue weighted by Gasteiger charge is 2.32. The lowest BCUT2D eigenvalue weighted by Crippen LogP contribution is -2.18. The van der Waals surface area contributed by atoms with Crippen molar-refractivity contribution in [1.29, 1.82) is 0 Å². The summed E-state index contributed by atoms with van der Waals surface area (Å²) in [7, 11) is 4.11. The number of hydrazone groups is 1. The van der Waals surface area contributed by atoms with Gasteiger partial charge < -0.3 is 4.90 Å². The van der Waals surface area contributed by atoms with Crippen LogP contribution in [0.4, 0.5) is 21.5 Å². The topological polar surface area (TPSA) is 56.5 Å². The number of thiazole rings is 1. The van der Waals surface area contributed by atoms with Crippen LogP contribution < -0.4 is 9.91 Å². The number of azo groups is 1. The molecule has 6 nitrogen and oxygen atoms in total. The van der Waals surface area contributed by atoms with E-state index in [9.17, 15) is 0 Å². The first-order valence-corrected chi connectivity index (χ1v) is 13.7. The molecule has 0 radical (unpaired) electrons. The van der Waals surface area contributed by atoms with Crippen molar-refractivity contribution in [2.24, 2.45) is 15.3 Å². The Morgan fingerprint density at radius 2 is 1.36 bits per heavy atom. The van der Waals surface area contributed by atoms with Crippen LogP contribution in [0.15, 0.2) is 131 Å². The summed E-state index contributed by atoms with van der Waals surface area (Å²) >= 11 is 1.51. The SMILES string of the molecule is CN(C)c1ccc(C2CC(c3ccccc3)=NN2c2nc(-c3ccccc3)c(N=Nc3ccccc3)s2)cc1. The molecule has 0 saturated carbocycles. The van der Waals surface area contributed by atoms with Gasteiger partial charge in [0.15, 0.2) is 5.00 Å². The molecule has 39 heavy (non-hydrogen) atoms. The van der Waals surface area contributed by atoms with Gasteiger partial charge in [-0.3, -0.25) is 0 Å². The van der Waals surface area contributed by atoms with Crippen LogP contribution in [-0.2, 0) is 0 Å². The smallest absolute Gasteiger partial charge is 0.209 e. The third-order valence-electron chi connectivity index (χ3n) is 6.67. The first kappa shape index (κ1) is 24.7. The second kappa shape index (κ2) is 11.0. The highest BCUT2D eigenvalue weighted by molar-refractivity contribution is 7.19. The van der Waals surface area contributed by atoms with Crippen molar-refractivity contribution in [3.8, 4) is 11.3 Å². The van der Waals surface area contributed by atoms with Crippen molar-refractivity contribution in [2.45, 2.75) is 12.5 Å². The zero-order valence-electron chi connectivity index (χ0n) is 21.8. The molecule has 0 bridgehead atoms. The molecule has 0 saturated heterocycles. The molecule has 0 aliphatic carbocycles. The first-order valence-electron chi connectivity index (χ1n) is 12.9. The minimum atomic E-state index is 0.0186. The van der Waals surface area contributed by atoms with Gasteiger partial charge in [0.2, 0.25) is 5.13 Å². The van der Waals surface area contributed by atoms with Crippen molar-refractivity contribution in [3.05, 3.63) is 126 Å². The van der Waals surface area contributed by atoms with E-state index in [4.69, 9.17) is 10.1 Å². The summed E-state index contributed by atoms with van der Waals surface area (Å²) in [5, 5.41) is 17.9. The molecule has 1 aromatic heterocycles. The van der Waals surface area contributed by atoms with Crippen LogP contribution in [0.1, 0.15) is 23.6 Å². The molecule has 6 rings (SSSR count). The third-order valence-corrected chi connectivity index (χ3v) is 7.59. The van der Waals surface area contributed by atoms with Gasteiger partial charge in [0.05, 0.1) is 17.4 Å². The van der Waals surface area contributed by atoms with E-state index in [1.807, 2.05) is 54.6 Å². The molecule has 1 aliphatic rings. The molecule has 7 heteroatoms. The lowest BCUT2D eigenvalue weighted by Gasteiger charge is -2.22. The Morgan fingerprint density at radius 1 is 0.744 bits per heavy atom. The molecular formula is C32H28N6S. The van der Waals surface area contributed by atoms with Crippen molar-refractivity contribution in [1.82, 2.24) is 4.98 Å². The first-order chi connectivity index (χ1) is 19.2. The molecule has 4 aromatic carbocycles. The van der Waals surface area contributed by atoms with Crippen LogP contribution in [-0.4, -0.2) is 24.8 Å². The number of nitrogens with zero attached hydrogens (tertiary/aromatic N) is 6. The fraction of sp³-hybridized carbons (Fsp3) is 0.125. The Hall–Kier alpha value is -4.62. The van der Waals surface area contributed by atoms with Gasteiger partial charge in [-0.1, -0.05) is 102 Å². The van der Waals surface area contributed by atoms with Crippen LogP contribution in [0, 0.1) is 0 Å². The fourth-order valence-electron chi connectivity index (χ4n) is 4.59. The number of aromatic nitrogens is 1. The van der Waals surface area contributed by atoms with E-state index < -0.39 is 0 Å². The summed E-state index contributed by atoms with van der Waals surface area (Å²) in [5.74, 6) is 0. The van der Waals surface area contributed by atoms with Crippen molar-refractivity contribution in [2.75, 3.05) is 24.0 Å². The van der Waals surface area contributed by atoms with Crippen LogP contribution in [0.3, 0.4) is 0 Å². The Balaban J connectivity index is 1.43. The normalized spacial score (nSPS) is 15.1. The third kappa shape index (κ3) is 5.35. The largest absolute Gasteiger partial charge is 0.378 e. The maximum absolute atomic E-state index is 5.13. The van der Waals surface area contributed by atoms with Gasteiger partial charge in [0.1, 0.15) is 5.69 Å². The average Bonchev–Trinajstić information content (AvgIpc) is 3.63. The van der Waals surface area contributed by atoms with Crippen LogP contribution in [0.5, 0.6) is 0 Å². The van der Waals surface area contributed by atoms with Crippen molar-refractivity contribution >= 4 is 38.6 Å². The second-order valence-corrected chi connectivity index (χ2v) is 10.5. The summed E-state index contributed by atoms with van der Waals surface area (Å²) in [4.78, 5) is 7.21. The molecule has 0 fully saturated rings. The van der Waals surface area contributed by atoms with E-state index >= 15 is 0 Å². The summed E-state index contributed by atoms with van der Waals surface area (Å²) in [6.07, 6.45) is 0.784. The molecule has 0 spiro atoms. The summed E-state index contributed by atoms with van der Waals surface area (Å²) in [6.45, 7) is 0. The highest BCUT2D eigenvalue weighted by atomic mass is 32.1. The van der Waals surface area contributed by atoms with Gasteiger partial charge in [-0.05, 0) is 35.4 Å². The van der Waals surface area contributed by atoms with Gasteiger partial charge >= 0.3 is 0 Å². The van der Waals surface area contributed by atoms with E-state index in [2.05, 4.69) is 94.9 Å². The summed E-state index contributed by atoms with van der Waals surface area (Å²) < 4.78 is 0. The Labute approximate surface area is 232 Å². The zero-order chi connectivity index (χ0) is 26.6. The number of anilines is 2. The van der Waals surface area contributed by atoms with Gasteiger partial charge in [-0.15, -0.1) is 10.2 Å². The van der Waals surface area contributed by atoms with Crippen LogP contribution in [0.25, 0.3) is 11.3 Å². The average molecular weight is 529 g/mol. The summed E-state index contributed by atoms with van der Waals surface area (Å²) in [5.41, 5.74) is 7.13. The van der Waals surface area contributed by atoms with Crippen LogP contribution in [0.2, 0.25) is 0 Å². The number of hydrogen-bond acceptors (Lipinski definition) is 7. The Kier molecular flexibility index (Phi) is 6.97. The Morgan fingerprint density at radius 3 is 2.00 bits per heavy atom. The molecule has 0 N–H and O–H groups in total. The van der Waals surface area contributed by atoms with Gasteiger partial charge in [-0.2, -0.15) is 5.10 Å². The summed E-state index contributed by atoms with van der Waals surface area (Å²) in [6, 6.07) is 39.0. The predicted octanol–water partition coefficient (Wildman–Crippen LogP) is 8.65. The minimum Gasteiger partial charge on any atom is -0.378 e. The zero-order valence-corrected chi connectivity index (χ0v) is 22.7. The lowest BCUT2D eigenvalue weighted by atomic mass is 9.98. The standard InChI is InChI=1S/C32H28N6S/c1-37(2)27-20-18-24(19-21-27)29-22-28(23-12-6-3-7-13-23)36-38(29)32-33-30(25-14-8-4-9-15-25)31(39-32)35-34-26-16-10-5-11-17-26/h3-21,29H,22H2,1-2H3. The van der Waals surface area contributed by atoms with Crippen molar-refractivity contribution < 1.29 is 0 Å². The molecule has 5 aromatic rings. The minimum absolute atomic E-state index is 0.0186. The number of benzene rings is 4. The second-order valence-electron chi connectivity index (χ2n) is 9.51. The lowest BCUT2D eigenvalue weighted by molar-refractivity contribution is 0.706. The van der Waals surface area contributed by atoms with E-state index in [1.165, 1.54) is 16.9 Å². The van der Waals surface area contributed by atoms with E-state index in [-0.39, 0.29) is 6.04 Å². The molecular weight excluding hydrogens is 500 g/mol. The molecule has 192 valence electrons. The van der Waals surface area contributed by atoms with Crippen molar-refractivity contribution in [3.63, 3.8) is 0 Å². The maximum Gasteiger partial charge on any atom is 0.209 e.